The predicted octanol–water partition coefficient (Wildman–Crippen LogP) is 4.30. The maximum absolute atomic E-state index is 8.80. The Hall–Kier alpha value is -1.78. The summed E-state index contributed by atoms with van der Waals surface area (Å²) >= 11 is 3.37. The molecule has 0 fully saturated rings. The average molecular weight is 319 g/mol. The fourth-order valence-corrected chi connectivity index (χ4v) is 1.79. The van der Waals surface area contributed by atoms with Crippen LogP contribution < -0.4 is 4.74 Å². The van der Waals surface area contributed by atoms with Crippen LogP contribution in [0.3, 0.4) is 0 Å². The lowest BCUT2D eigenvalue weighted by Crippen LogP contribution is -2.02. The number of benzene rings is 1. The lowest BCUT2D eigenvalue weighted by Gasteiger charge is -2.11. The Bertz CT molecular complexity index is 534. The first-order valence-corrected chi connectivity index (χ1v) is 6.80. The first-order valence-electron chi connectivity index (χ1n) is 6.01. The molecule has 1 aromatic rings. The SMILES string of the molecule is CC(C)CCOc1ccc(Br)cc1C=C(C#N)C#N. The van der Waals surface area contributed by atoms with Crippen molar-refractivity contribution in [1.82, 2.24) is 0 Å². The van der Waals surface area contributed by atoms with Crippen molar-refractivity contribution < 1.29 is 4.74 Å². The molecule has 0 saturated heterocycles. The first kappa shape index (κ1) is 15.3. The van der Waals surface area contributed by atoms with Crippen LogP contribution in [0.1, 0.15) is 25.8 Å². The van der Waals surface area contributed by atoms with Gasteiger partial charge in [0.1, 0.15) is 23.5 Å². The Labute approximate surface area is 122 Å². The highest BCUT2D eigenvalue weighted by atomic mass is 79.9. The Morgan fingerprint density at radius 2 is 2.05 bits per heavy atom. The smallest absolute Gasteiger partial charge is 0.130 e. The maximum atomic E-state index is 8.80. The zero-order valence-corrected chi connectivity index (χ0v) is 12.6. The lowest BCUT2D eigenvalue weighted by atomic mass is 10.1. The van der Waals surface area contributed by atoms with Gasteiger partial charge in [-0.3, -0.25) is 0 Å². The van der Waals surface area contributed by atoms with Crippen LogP contribution in [-0.2, 0) is 0 Å². The number of hydrogen-bond donors (Lipinski definition) is 0. The van der Waals surface area contributed by atoms with Crippen LogP contribution in [0.25, 0.3) is 6.08 Å². The summed E-state index contributed by atoms with van der Waals surface area (Å²) in [6, 6.07) is 9.24. The normalized spacial score (nSPS) is 9.58. The molecule has 0 aliphatic heterocycles. The van der Waals surface area contributed by atoms with E-state index in [1.807, 2.05) is 30.3 Å². The van der Waals surface area contributed by atoms with Crippen LogP contribution in [0, 0.1) is 28.6 Å². The summed E-state index contributed by atoms with van der Waals surface area (Å²) in [6.45, 7) is 4.89. The molecule has 0 amide bonds. The number of halogens is 1. The molecule has 0 aromatic heterocycles. The minimum atomic E-state index is 0.0619. The number of nitrogens with zero attached hydrogens (tertiary/aromatic N) is 2. The van der Waals surface area contributed by atoms with Crippen molar-refractivity contribution >= 4 is 22.0 Å². The van der Waals surface area contributed by atoms with Gasteiger partial charge in [0, 0.05) is 10.0 Å². The van der Waals surface area contributed by atoms with Gasteiger partial charge < -0.3 is 4.74 Å². The molecule has 1 rings (SSSR count). The Balaban J connectivity index is 2.96. The maximum Gasteiger partial charge on any atom is 0.130 e. The van der Waals surface area contributed by atoms with Gasteiger partial charge in [-0.1, -0.05) is 29.8 Å². The van der Waals surface area contributed by atoms with Crippen molar-refractivity contribution in [2.75, 3.05) is 6.61 Å². The van der Waals surface area contributed by atoms with E-state index >= 15 is 0 Å². The van der Waals surface area contributed by atoms with E-state index in [4.69, 9.17) is 15.3 Å². The molecule has 0 aliphatic rings. The van der Waals surface area contributed by atoms with E-state index in [0.29, 0.717) is 18.3 Å². The largest absolute Gasteiger partial charge is 0.493 e. The summed E-state index contributed by atoms with van der Waals surface area (Å²) < 4.78 is 6.59. The van der Waals surface area contributed by atoms with Gasteiger partial charge in [-0.2, -0.15) is 10.5 Å². The van der Waals surface area contributed by atoms with Gasteiger partial charge in [-0.15, -0.1) is 0 Å². The van der Waals surface area contributed by atoms with Crippen LogP contribution in [0.15, 0.2) is 28.2 Å². The number of hydrogen-bond acceptors (Lipinski definition) is 3. The molecule has 0 saturated carbocycles. The van der Waals surface area contributed by atoms with E-state index in [0.717, 1.165) is 16.5 Å². The van der Waals surface area contributed by atoms with Crippen molar-refractivity contribution in [3.05, 3.63) is 33.8 Å². The highest BCUT2D eigenvalue weighted by molar-refractivity contribution is 9.10. The molecule has 0 bridgehead atoms. The Morgan fingerprint density at radius 3 is 2.63 bits per heavy atom. The van der Waals surface area contributed by atoms with Gasteiger partial charge in [-0.25, -0.2) is 0 Å². The monoisotopic (exact) mass is 318 g/mol. The lowest BCUT2D eigenvalue weighted by molar-refractivity contribution is 0.289. The first-order chi connectivity index (χ1) is 9.06. The third-order valence-electron chi connectivity index (χ3n) is 2.47. The van der Waals surface area contributed by atoms with Crippen molar-refractivity contribution in [2.24, 2.45) is 5.92 Å². The van der Waals surface area contributed by atoms with Gasteiger partial charge in [0.05, 0.1) is 6.61 Å². The standard InChI is InChI=1S/C15H15BrN2O/c1-11(2)5-6-19-15-4-3-14(16)8-13(15)7-12(9-17)10-18/h3-4,7-8,11H,5-6H2,1-2H3. The molecule has 0 spiro atoms. The molecule has 0 atom stereocenters. The van der Waals surface area contributed by atoms with Crippen molar-refractivity contribution in [3.8, 4) is 17.9 Å². The number of allylic oxidation sites excluding steroid dienone is 1. The van der Waals surface area contributed by atoms with Crippen molar-refractivity contribution in [1.29, 1.82) is 10.5 Å². The number of ether oxygens (including phenoxy) is 1. The van der Waals surface area contributed by atoms with E-state index in [-0.39, 0.29) is 5.57 Å². The molecule has 0 aliphatic carbocycles. The minimum Gasteiger partial charge on any atom is -0.493 e. The number of rotatable bonds is 5. The van der Waals surface area contributed by atoms with Crippen LogP contribution in [0.4, 0.5) is 0 Å². The highest BCUT2D eigenvalue weighted by Gasteiger charge is 2.05. The quantitative estimate of drug-likeness (QED) is 0.760. The second-order valence-electron chi connectivity index (χ2n) is 4.49. The van der Waals surface area contributed by atoms with E-state index in [9.17, 15) is 0 Å². The summed E-state index contributed by atoms with van der Waals surface area (Å²) in [5.74, 6) is 1.26. The number of nitriles is 2. The summed E-state index contributed by atoms with van der Waals surface area (Å²) in [7, 11) is 0. The molecular formula is C15H15BrN2O. The third kappa shape index (κ3) is 5.16. The molecule has 98 valence electrons. The Morgan fingerprint density at radius 1 is 1.37 bits per heavy atom. The van der Waals surface area contributed by atoms with Gasteiger partial charge in [0.2, 0.25) is 0 Å². The topological polar surface area (TPSA) is 56.8 Å². The average Bonchev–Trinajstić information content (AvgIpc) is 2.37. The summed E-state index contributed by atoms with van der Waals surface area (Å²) in [5.41, 5.74) is 0.794. The molecule has 19 heavy (non-hydrogen) atoms. The van der Waals surface area contributed by atoms with Gasteiger partial charge in [0.15, 0.2) is 0 Å². The summed E-state index contributed by atoms with van der Waals surface area (Å²) in [5, 5.41) is 17.6. The third-order valence-corrected chi connectivity index (χ3v) is 2.96. The van der Waals surface area contributed by atoms with Crippen LogP contribution in [0.5, 0.6) is 5.75 Å². The van der Waals surface area contributed by atoms with Gasteiger partial charge in [0.25, 0.3) is 0 Å². The fourth-order valence-electron chi connectivity index (χ4n) is 1.41. The second kappa shape index (κ2) is 7.61. The zero-order chi connectivity index (χ0) is 14.3. The zero-order valence-electron chi connectivity index (χ0n) is 11.0. The van der Waals surface area contributed by atoms with E-state index < -0.39 is 0 Å². The highest BCUT2D eigenvalue weighted by Crippen LogP contribution is 2.25. The molecule has 1 aromatic carbocycles. The van der Waals surface area contributed by atoms with Crippen LogP contribution >= 0.6 is 15.9 Å². The summed E-state index contributed by atoms with van der Waals surface area (Å²) in [6.07, 6.45) is 2.50. The molecule has 4 heteroatoms. The van der Waals surface area contributed by atoms with E-state index in [2.05, 4.69) is 29.8 Å². The second-order valence-corrected chi connectivity index (χ2v) is 5.41. The molecular weight excluding hydrogens is 304 g/mol. The fraction of sp³-hybridized carbons (Fsp3) is 0.333. The van der Waals surface area contributed by atoms with E-state index in [1.54, 1.807) is 0 Å². The van der Waals surface area contributed by atoms with Crippen molar-refractivity contribution in [3.63, 3.8) is 0 Å². The van der Waals surface area contributed by atoms with Crippen LogP contribution in [-0.4, -0.2) is 6.61 Å². The molecule has 0 unspecified atom stereocenters. The van der Waals surface area contributed by atoms with Gasteiger partial charge >= 0.3 is 0 Å². The molecule has 0 heterocycles. The molecule has 3 nitrogen and oxygen atoms in total. The molecule has 0 N–H and O–H groups in total. The summed E-state index contributed by atoms with van der Waals surface area (Å²) in [4.78, 5) is 0. The van der Waals surface area contributed by atoms with Gasteiger partial charge in [-0.05, 0) is 36.6 Å². The minimum absolute atomic E-state index is 0.0619. The van der Waals surface area contributed by atoms with E-state index in [1.165, 1.54) is 6.08 Å². The molecule has 0 radical (unpaired) electrons. The predicted molar refractivity (Wildman–Crippen MR) is 78.3 cm³/mol. The Kier molecular flexibility index (Phi) is 6.12. The van der Waals surface area contributed by atoms with Crippen LogP contribution in [0.2, 0.25) is 0 Å². The van der Waals surface area contributed by atoms with Crippen molar-refractivity contribution in [2.45, 2.75) is 20.3 Å².